The third-order valence-electron chi connectivity index (χ3n) is 4.47. The van der Waals surface area contributed by atoms with E-state index in [-0.39, 0.29) is 11.4 Å². The molecule has 0 amide bonds. The molecule has 1 fully saturated rings. The number of carboxylic acids is 1. The van der Waals surface area contributed by atoms with Gasteiger partial charge in [-0.2, -0.15) is 0 Å². The average molecular weight is 311 g/mol. The minimum atomic E-state index is -3.71. The van der Waals surface area contributed by atoms with Crippen LogP contribution < -0.4 is 4.72 Å². The first-order valence-corrected chi connectivity index (χ1v) is 8.39. The summed E-state index contributed by atoms with van der Waals surface area (Å²) in [6.45, 7) is 7.26. The maximum absolute atomic E-state index is 12.6. The van der Waals surface area contributed by atoms with E-state index in [9.17, 15) is 13.2 Å². The van der Waals surface area contributed by atoms with E-state index < -0.39 is 21.4 Å². The zero-order chi connectivity index (χ0) is 16.0. The summed E-state index contributed by atoms with van der Waals surface area (Å²) in [5, 5.41) is 9.13. The van der Waals surface area contributed by atoms with Gasteiger partial charge in [-0.1, -0.05) is 6.07 Å². The molecule has 116 valence electrons. The van der Waals surface area contributed by atoms with Crippen molar-refractivity contribution in [1.82, 2.24) is 4.72 Å². The van der Waals surface area contributed by atoms with Crippen LogP contribution in [0.25, 0.3) is 0 Å². The Morgan fingerprint density at radius 3 is 2.05 bits per heavy atom. The molecule has 0 atom stereocenters. The topological polar surface area (TPSA) is 83.5 Å². The fourth-order valence-corrected chi connectivity index (χ4v) is 4.25. The van der Waals surface area contributed by atoms with Crippen LogP contribution in [0, 0.1) is 33.1 Å². The number of rotatable bonds is 5. The van der Waals surface area contributed by atoms with E-state index in [0.29, 0.717) is 24.0 Å². The quantitative estimate of drug-likeness (QED) is 0.872. The van der Waals surface area contributed by atoms with Crippen LogP contribution in [0.4, 0.5) is 0 Å². The first-order chi connectivity index (χ1) is 9.61. The third kappa shape index (κ3) is 2.82. The Morgan fingerprint density at radius 1 is 1.19 bits per heavy atom. The van der Waals surface area contributed by atoms with Gasteiger partial charge in [-0.3, -0.25) is 4.79 Å². The van der Waals surface area contributed by atoms with Gasteiger partial charge in [0.15, 0.2) is 0 Å². The molecular weight excluding hydrogens is 290 g/mol. The van der Waals surface area contributed by atoms with Crippen LogP contribution in [0.3, 0.4) is 0 Å². The average Bonchev–Trinajstić information content (AvgIpc) is 3.15. The van der Waals surface area contributed by atoms with Crippen molar-refractivity contribution in [1.29, 1.82) is 0 Å². The van der Waals surface area contributed by atoms with E-state index in [4.69, 9.17) is 5.11 Å². The van der Waals surface area contributed by atoms with E-state index in [1.165, 1.54) is 0 Å². The molecule has 21 heavy (non-hydrogen) atoms. The first kappa shape index (κ1) is 16.0. The molecule has 2 N–H and O–H groups in total. The standard InChI is InChI=1S/C15H21NO4S/c1-9-7-10(2)12(4)13(11(9)3)21(19,20)16-8-15(5-6-15)14(17)18/h7,16H,5-6,8H2,1-4H3,(H,17,18). The van der Waals surface area contributed by atoms with E-state index in [2.05, 4.69) is 4.72 Å². The Kier molecular flexibility index (Phi) is 3.88. The molecule has 2 rings (SSSR count). The van der Waals surface area contributed by atoms with Crippen LogP contribution in [0.5, 0.6) is 0 Å². The summed E-state index contributed by atoms with van der Waals surface area (Å²) in [6, 6.07) is 1.96. The second kappa shape index (κ2) is 5.10. The van der Waals surface area contributed by atoms with Crippen LogP contribution >= 0.6 is 0 Å². The van der Waals surface area contributed by atoms with Gasteiger partial charge in [-0.15, -0.1) is 0 Å². The van der Waals surface area contributed by atoms with Crippen molar-refractivity contribution < 1.29 is 18.3 Å². The lowest BCUT2D eigenvalue weighted by atomic mass is 10.0. The van der Waals surface area contributed by atoms with E-state index in [0.717, 1.165) is 11.1 Å². The van der Waals surface area contributed by atoms with Crippen molar-refractivity contribution in [2.45, 2.75) is 45.4 Å². The summed E-state index contributed by atoms with van der Waals surface area (Å²) < 4.78 is 27.6. The number of carboxylic acid groups (broad SMARTS) is 1. The lowest BCUT2D eigenvalue weighted by Gasteiger charge is -2.17. The Bertz CT molecular complexity index is 677. The van der Waals surface area contributed by atoms with Gasteiger partial charge >= 0.3 is 5.97 Å². The first-order valence-electron chi connectivity index (χ1n) is 6.91. The molecule has 1 aromatic carbocycles. The van der Waals surface area contributed by atoms with E-state index >= 15 is 0 Å². The fraction of sp³-hybridized carbons (Fsp3) is 0.533. The van der Waals surface area contributed by atoms with Crippen molar-refractivity contribution in [2.75, 3.05) is 6.54 Å². The number of sulfonamides is 1. The summed E-state index contributed by atoms with van der Waals surface area (Å²) >= 11 is 0. The number of hydrogen-bond acceptors (Lipinski definition) is 3. The molecular formula is C15H21NO4S. The molecule has 0 aliphatic heterocycles. The smallest absolute Gasteiger partial charge is 0.310 e. The normalized spacial score (nSPS) is 16.8. The van der Waals surface area contributed by atoms with Gasteiger partial charge in [0, 0.05) is 6.54 Å². The molecule has 0 unspecified atom stereocenters. The summed E-state index contributed by atoms with van der Waals surface area (Å²) in [6.07, 6.45) is 1.05. The highest BCUT2D eigenvalue weighted by atomic mass is 32.2. The highest BCUT2D eigenvalue weighted by Gasteiger charge is 2.50. The molecule has 0 aromatic heterocycles. The van der Waals surface area contributed by atoms with Crippen molar-refractivity contribution >= 4 is 16.0 Å². The molecule has 0 spiro atoms. The van der Waals surface area contributed by atoms with Crippen LogP contribution in [-0.2, 0) is 14.8 Å². The van der Waals surface area contributed by atoms with Crippen molar-refractivity contribution in [3.8, 4) is 0 Å². The number of nitrogens with one attached hydrogen (secondary N) is 1. The predicted molar refractivity (Wildman–Crippen MR) is 79.9 cm³/mol. The summed E-state index contributed by atoms with van der Waals surface area (Å²) in [5.74, 6) is -0.931. The molecule has 1 aliphatic rings. The largest absolute Gasteiger partial charge is 0.481 e. The minimum absolute atomic E-state index is 0.0451. The summed E-state index contributed by atoms with van der Waals surface area (Å²) in [4.78, 5) is 11.4. The molecule has 0 saturated heterocycles. The molecule has 6 heteroatoms. The van der Waals surface area contributed by atoms with Crippen LogP contribution in [-0.4, -0.2) is 26.0 Å². The molecule has 1 aliphatic carbocycles. The van der Waals surface area contributed by atoms with Gasteiger partial charge in [-0.25, -0.2) is 13.1 Å². The number of aryl methyl sites for hydroxylation is 2. The van der Waals surface area contributed by atoms with E-state index in [1.54, 1.807) is 13.8 Å². The SMILES string of the molecule is Cc1cc(C)c(C)c(S(=O)(=O)NCC2(C(=O)O)CC2)c1C. The highest BCUT2D eigenvalue weighted by molar-refractivity contribution is 7.89. The van der Waals surface area contributed by atoms with Crippen LogP contribution in [0.2, 0.25) is 0 Å². The molecule has 0 radical (unpaired) electrons. The van der Waals surface area contributed by atoms with Gasteiger partial charge in [0.2, 0.25) is 10.0 Å². The van der Waals surface area contributed by atoms with Crippen LogP contribution in [0.15, 0.2) is 11.0 Å². The monoisotopic (exact) mass is 311 g/mol. The van der Waals surface area contributed by atoms with Gasteiger partial charge < -0.3 is 5.11 Å². The Balaban J connectivity index is 2.35. The number of aliphatic carboxylic acids is 1. The maximum Gasteiger partial charge on any atom is 0.310 e. The second-order valence-corrected chi connectivity index (χ2v) is 7.70. The number of carbonyl (C=O) groups is 1. The Labute approximate surface area is 125 Å². The maximum atomic E-state index is 12.6. The molecule has 1 aromatic rings. The Morgan fingerprint density at radius 2 is 1.67 bits per heavy atom. The van der Waals surface area contributed by atoms with Gasteiger partial charge in [-0.05, 0) is 62.8 Å². The molecule has 5 nitrogen and oxygen atoms in total. The molecule has 0 heterocycles. The van der Waals surface area contributed by atoms with E-state index in [1.807, 2.05) is 19.9 Å². The van der Waals surface area contributed by atoms with Crippen molar-refractivity contribution in [3.63, 3.8) is 0 Å². The predicted octanol–water partition coefficient (Wildman–Crippen LogP) is 2.06. The number of benzene rings is 1. The van der Waals surface area contributed by atoms with Crippen molar-refractivity contribution in [3.05, 3.63) is 28.3 Å². The molecule has 0 bridgehead atoms. The zero-order valence-electron chi connectivity index (χ0n) is 12.8. The van der Waals surface area contributed by atoms with Gasteiger partial charge in [0.25, 0.3) is 0 Å². The van der Waals surface area contributed by atoms with Crippen LogP contribution in [0.1, 0.15) is 35.1 Å². The highest BCUT2D eigenvalue weighted by Crippen LogP contribution is 2.45. The lowest BCUT2D eigenvalue weighted by Crippen LogP contribution is -2.35. The second-order valence-electron chi connectivity index (χ2n) is 6.00. The fourth-order valence-electron chi connectivity index (χ4n) is 2.51. The number of hydrogen-bond donors (Lipinski definition) is 2. The third-order valence-corrected chi connectivity index (χ3v) is 6.15. The summed E-state index contributed by atoms with van der Waals surface area (Å²) in [5.41, 5.74) is 2.35. The zero-order valence-corrected chi connectivity index (χ0v) is 13.6. The van der Waals surface area contributed by atoms with Gasteiger partial charge in [0.1, 0.15) is 0 Å². The minimum Gasteiger partial charge on any atom is -0.481 e. The van der Waals surface area contributed by atoms with Crippen molar-refractivity contribution in [2.24, 2.45) is 5.41 Å². The lowest BCUT2D eigenvalue weighted by molar-refractivity contribution is -0.143. The molecule has 1 saturated carbocycles. The van der Waals surface area contributed by atoms with Gasteiger partial charge in [0.05, 0.1) is 10.3 Å². The Hall–Kier alpha value is -1.40. The summed E-state index contributed by atoms with van der Waals surface area (Å²) in [7, 11) is -3.71.